The molecule has 0 aromatic heterocycles. The standard InChI is InChI=1S/C29H59NO2.Li/c1-4-6-8-10-12-14-16-18-20-22-26-30(28(3)24-25-29(31)32)27-23-21-19-17-15-13-11-9-7-5-2;/h28H,4-27H2,1-3H3,(H,31,32);/q;+1/p-1. The van der Waals surface area contributed by atoms with Crippen LogP contribution in [0.2, 0.25) is 0 Å². The Morgan fingerprint density at radius 3 is 1.21 bits per heavy atom. The summed E-state index contributed by atoms with van der Waals surface area (Å²) in [6, 6.07) is 0.352. The van der Waals surface area contributed by atoms with Crippen LogP contribution < -0.4 is 24.0 Å². The van der Waals surface area contributed by atoms with E-state index in [2.05, 4.69) is 25.7 Å². The normalized spacial score (nSPS) is 12.1. The summed E-state index contributed by atoms with van der Waals surface area (Å²) >= 11 is 0. The fourth-order valence-electron chi connectivity index (χ4n) is 4.67. The van der Waals surface area contributed by atoms with Crippen molar-refractivity contribution in [1.29, 1.82) is 0 Å². The van der Waals surface area contributed by atoms with Crippen LogP contribution in [0.4, 0.5) is 0 Å². The minimum atomic E-state index is -0.908. The topological polar surface area (TPSA) is 43.4 Å². The summed E-state index contributed by atoms with van der Waals surface area (Å²) in [5.41, 5.74) is 0. The zero-order chi connectivity index (χ0) is 23.7. The molecule has 3 nitrogen and oxygen atoms in total. The smallest absolute Gasteiger partial charge is 0.550 e. The average molecular weight is 460 g/mol. The van der Waals surface area contributed by atoms with Gasteiger partial charge in [-0.2, -0.15) is 0 Å². The molecule has 0 bridgehead atoms. The van der Waals surface area contributed by atoms with E-state index in [0.717, 1.165) is 19.5 Å². The van der Waals surface area contributed by atoms with Gasteiger partial charge in [0.15, 0.2) is 0 Å². The van der Waals surface area contributed by atoms with E-state index in [1.165, 1.54) is 128 Å². The van der Waals surface area contributed by atoms with Gasteiger partial charge in [-0.25, -0.2) is 0 Å². The Bertz CT molecular complexity index is 368. The number of carbonyl (C=O) groups excluding carboxylic acids is 1. The first-order valence-electron chi connectivity index (χ1n) is 14.6. The number of unbranched alkanes of at least 4 members (excludes halogenated alkanes) is 18. The second-order valence-electron chi connectivity index (χ2n) is 10.2. The molecule has 1 unspecified atom stereocenters. The molecule has 0 heterocycles. The molecule has 0 N–H and O–H groups in total. The van der Waals surface area contributed by atoms with Gasteiger partial charge < -0.3 is 14.8 Å². The molecule has 0 fully saturated rings. The summed E-state index contributed by atoms with van der Waals surface area (Å²) in [6.45, 7) is 9.01. The van der Waals surface area contributed by atoms with E-state index in [-0.39, 0.29) is 25.3 Å². The van der Waals surface area contributed by atoms with Crippen molar-refractivity contribution in [3.63, 3.8) is 0 Å². The van der Waals surface area contributed by atoms with Gasteiger partial charge in [0, 0.05) is 12.0 Å². The van der Waals surface area contributed by atoms with Crippen molar-refractivity contribution in [2.24, 2.45) is 0 Å². The number of carboxylic acid groups (broad SMARTS) is 1. The van der Waals surface area contributed by atoms with Crippen LogP contribution in [0.5, 0.6) is 0 Å². The van der Waals surface area contributed by atoms with Crippen molar-refractivity contribution in [3.05, 3.63) is 0 Å². The molecule has 0 aromatic carbocycles. The van der Waals surface area contributed by atoms with Gasteiger partial charge in [-0.1, -0.05) is 129 Å². The van der Waals surface area contributed by atoms with E-state index >= 15 is 0 Å². The van der Waals surface area contributed by atoms with Gasteiger partial charge in [-0.15, -0.1) is 0 Å². The molecule has 0 saturated carbocycles. The predicted octanol–water partition coefficient (Wildman–Crippen LogP) is 5.05. The molecule has 33 heavy (non-hydrogen) atoms. The van der Waals surface area contributed by atoms with E-state index in [9.17, 15) is 9.90 Å². The van der Waals surface area contributed by atoms with Crippen molar-refractivity contribution in [2.75, 3.05) is 13.1 Å². The second kappa shape index (κ2) is 28.3. The van der Waals surface area contributed by atoms with E-state index in [1.54, 1.807) is 0 Å². The molecule has 0 rings (SSSR count). The molecular formula is C29H58LiNO2. The Hall–Kier alpha value is 0.0274. The zero-order valence-electron chi connectivity index (χ0n) is 23.3. The molecule has 0 aromatic rings. The van der Waals surface area contributed by atoms with Gasteiger partial charge in [0.2, 0.25) is 0 Å². The first-order valence-corrected chi connectivity index (χ1v) is 14.6. The number of hydrogen-bond donors (Lipinski definition) is 0. The van der Waals surface area contributed by atoms with Crippen LogP contribution in [0.25, 0.3) is 0 Å². The fraction of sp³-hybridized carbons (Fsp3) is 0.966. The van der Waals surface area contributed by atoms with Crippen molar-refractivity contribution >= 4 is 5.97 Å². The van der Waals surface area contributed by atoms with Gasteiger partial charge in [0.1, 0.15) is 0 Å². The number of rotatable bonds is 26. The Labute approximate surface area is 220 Å². The summed E-state index contributed by atoms with van der Waals surface area (Å²) in [5, 5.41) is 10.9. The van der Waals surface area contributed by atoms with Crippen LogP contribution >= 0.6 is 0 Å². The van der Waals surface area contributed by atoms with Crippen LogP contribution in [-0.4, -0.2) is 30.0 Å². The number of hydrogen-bond acceptors (Lipinski definition) is 3. The third-order valence-corrected chi connectivity index (χ3v) is 6.99. The summed E-state index contributed by atoms with van der Waals surface area (Å²) in [7, 11) is 0. The quantitative estimate of drug-likeness (QED) is 0.134. The van der Waals surface area contributed by atoms with E-state index in [1.807, 2.05) is 0 Å². The molecule has 0 aliphatic heterocycles. The maximum atomic E-state index is 10.9. The molecular weight excluding hydrogens is 401 g/mol. The van der Waals surface area contributed by atoms with Gasteiger partial charge in [0.25, 0.3) is 0 Å². The second-order valence-corrected chi connectivity index (χ2v) is 10.2. The van der Waals surface area contributed by atoms with Crippen molar-refractivity contribution in [3.8, 4) is 0 Å². The Balaban J connectivity index is 0. The Kier molecular flexibility index (Phi) is 30.1. The molecule has 0 aliphatic rings. The van der Waals surface area contributed by atoms with E-state index in [0.29, 0.717) is 6.04 Å². The van der Waals surface area contributed by atoms with Gasteiger partial charge in [-0.05, 0) is 45.7 Å². The molecule has 0 radical (unpaired) electrons. The fourth-order valence-corrected chi connectivity index (χ4v) is 4.67. The third-order valence-electron chi connectivity index (χ3n) is 6.99. The maximum Gasteiger partial charge on any atom is 1.00 e. The number of carbonyl (C=O) groups is 1. The molecule has 4 heteroatoms. The van der Waals surface area contributed by atoms with Gasteiger partial charge in [-0.3, -0.25) is 0 Å². The molecule has 0 amide bonds. The van der Waals surface area contributed by atoms with Crippen molar-refractivity contribution in [2.45, 2.75) is 168 Å². The van der Waals surface area contributed by atoms with Crippen LogP contribution in [0.15, 0.2) is 0 Å². The summed E-state index contributed by atoms with van der Waals surface area (Å²) in [6.07, 6.45) is 28.2. The molecule has 0 aliphatic carbocycles. The van der Waals surface area contributed by atoms with Crippen molar-refractivity contribution in [1.82, 2.24) is 4.90 Å². The SMILES string of the molecule is CCCCCCCCCCCCN(CCCCCCCCCCCC)C(C)CCC(=O)[O-].[Li+]. The molecule has 1 atom stereocenters. The van der Waals surface area contributed by atoms with E-state index in [4.69, 9.17) is 0 Å². The first-order chi connectivity index (χ1) is 15.6. The summed E-state index contributed by atoms with van der Waals surface area (Å²) in [5.74, 6) is -0.908. The zero-order valence-corrected chi connectivity index (χ0v) is 23.3. The van der Waals surface area contributed by atoms with Crippen LogP contribution in [0.1, 0.15) is 162 Å². The minimum absolute atomic E-state index is 0. The minimum Gasteiger partial charge on any atom is -0.550 e. The predicted molar refractivity (Wildman–Crippen MR) is 139 cm³/mol. The van der Waals surface area contributed by atoms with Gasteiger partial charge >= 0.3 is 18.9 Å². The number of carboxylic acids is 1. The summed E-state index contributed by atoms with van der Waals surface area (Å²) < 4.78 is 0. The number of aliphatic carboxylic acids is 1. The molecule has 192 valence electrons. The largest absolute Gasteiger partial charge is 1.00 e. The van der Waals surface area contributed by atoms with Gasteiger partial charge in [0.05, 0.1) is 0 Å². The first kappa shape index (κ1) is 35.2. The maximum absolute atomic E-state index is 10.9. The average Bonchev–Trinajstić information content (AvgIpc) is 2.78. The van der Waals surface area contributed by atoms with Crippen LogP contribution in [0.3, 0.4) is 0 Å². The van der Waals surface area contributed by atoms with Crippen LogP contribution in [0, 0.1) is 0 Å². The van der Waals surface area contributed by atoms with E-state index < -0.39 is 5.97 Å². The van der Waals surface area contributed by atoms with Crippen LogP contribution in [-0.2, 0) is 4.79 Å². The van der Waals surface area contributed by atoms with Crippen molar-refractivity contribution < 1.29 is 28.8 Å². The molecule has 0 spiro atoms. The molecule has 0 saturated heterocycles. The Morgan fingerprint density at radius 1 is 0.606 bits per heavy atom. The third kappa shape index (κ3) is 26.5. The number of nitrogens with zero attached hydrogens (tertiary/aromatic N) is 1. The summed E-state index contributed by atoms with van der Waals surface area (Å²) in [4.78, 5) is 13.4. The monoisotopic (exact) mass is 459 g/mol. The Morgan fingerprint density at radius 2 is 0.909 bits per heavy atom.